The number of benzene rings is 2. The summed E-state index contributed by atoms with van der Waals surface area (Å²) >= 11 is 5.92. The molecular formula is C18H16ClN3O. The molecule has 2 aromatic rings. The number of halogens is 1. The SMILES string of the molecule is Cc1ccc(N/C=C(/C#N)C(=O)Nc2cc(Cl)ccc2C)cc1. The van der Waals surface area contributed by atoms with E-state index in [-0.39, 0.29) is 5.57 Å². The van der Waals surface area contributed by atoms with Gasteiger partial charge in [-0.25, -0.2) is 0 Å². The first-order chi connectivity index (χ1) is 11.0. The van der Waals surface area contributed by atoms with Crippen LogP contribution in [0.4, 0.5) is 11.4 Å². The Morgan fingerprint density at radius 2 is 1.87 bits per heavy atom. The Kier molecular flexibility index (Phi) is 5.40. The van der Waals surface area contributed by atoms with Gasteiger partial charge in [0, 0.05) is 22.6 Å². The van der Waals surface area contributed by atoms with Crippen LogP contribution in [0.2, 0.25) is 5.02 Å². The van der Waals surface area contributed by atoms with Gasteiger partial charge in [0.1, 0.15) is 11.6 Å². The van der Waals surface area contributed by atoms with Crippen molar-refractivity contribution in [1.82, 2.24) is 0 Å². The monoisotopic (exact) mass is 325 g/mol. The lowest BCUT2D eigenvalue weighted by Gasteiger charge is -2.08. The van der Waals surface area contributed by atoms with Crippen molar-refractivity contribution in [3.63, 3.8) is 0 Å². The fourth-order valence-corrected chi connectivity index (χ4v) is 2.04. The minimum Gasteiger partial charge on any atom is -0.360 e. The molecule has 0 saturated carbocycles. The van der Waals surface area contributed by atoms with Crippen LogP contribution in [0, 0.1) is 25.2 Å². The van der Waals surface area contributed by atoms with E-state index in [9.17, 15) is 10.1 Å². The Morgan fingerprint density at radius 1 is 1.17 bits per heavy atom. The number of carbonyl (C=O) groups is 1. The predicted octanol–water partition coefficient (Wildman–Crippen LogP) is 4.41. The molecule has 2 N–H and O–H groups in total. The minimum absolute atomic E-state index is 0.0232. The van der Waals surface area contributed by atoms with Gasteiger partial charge in [-0.05, 0) is 43.7 Å². The first-order valence-corrected chi connectivity index (χ1v) is 7.38. The van der Waals surface area contributed by atoms with Crippen LogP contribution in [0.15, 0.2) is 54.2 Å². The Bertz CT molecular complexity index is 789. The van der Waals surface area contributed by atoms with Gasteiger partial charge in [-0.1, -0.05) is 35.4 Å². The normalized spacial score (nSPS) is 10.8. The van der Waals surface area contributed by atoms with Gasteiger partial charge in [-0.3, -0.25) is 4.79 Å². The molecule has 116 valence electrons. The summed E-state index contributed by atoms with van der Waals surface area (Å²) in [6, 6.07) is 14.7. The summed E-state index contributed by atoms with van der Waals surface area (Å²) in [7, 11) is 0. The largest absolute Gasteiger partial charge is 0.360 e. The molecule has 0 heterocycles. The summed E-state index contributed by atoms with van der Waals surface area (Å²) in [4.78, 5) is 12.2. The van der Waals surface area contributed by atoms with E-state index in [1.807, 2.05) is 44.2 Å². The maximum Gasteiger partial charge on any atom is 0.267 e. The van der Waals surface area contributed by atoms with Crippen LogP contribution in [-0.4, -0.2) is 5.91 Å². The zero-order valence-electron chi connectivity index (χ0n) is 12.9. The molecule has 0 aliphatic carbocycles. The maximum absolute atomic E-state index is 12.2. The second kappa shape index (κ2) is 7.48. The third kappa shape index (κ3) is 4.60. The van der Waals surface area contributed by atoms with Crippen LogP contribution in [0.3, 0.4) is 0 Å². The van der Waals surface area contributed by atoms with E-state index in [2.05, 4.69) is 10.6 Å². The Labute approximate surface area is 140 Å². The number of nitriles is 1. The lowest BCUT2D eigenvalue weighted by molar-refractivity contribution is -0.112. The van der Waals surface area contributed by atoms with E-state index in [4.69, 9.17) is 11.6 Å². The molecule has 0 saturated heterocycles. The Morgan fingerprint density at radius 3 is 2.52 bits per heavy atom. The lowest BCUT2D eigenvalue weighted by Crippen LogP contribution is -2.15. The first-order valence-electron chi connectivity index (χ1n) is 7.00. The number of amides is 1. The zero-order chi connectivity index (χ0) is 16.8. The maximum atomic E-state index is 12.2. The highest BCUT2D eigenvalue weighted by atomic mass is 35.5. The van der Waals surface area contributed by atoms with Crippen molar-refractivity contribution < 1.29 is 4.79 Å². The average Bonchev–Trinajstić information content (AvgIpc) is 2.53. The van der Waals surface area contributed by atoms with E-state index in [0.717, 1.165) is 16.8 Å². The van der Waals surface area contributed by atoms with Gasteiger partial charge in [0.2, 0.25) is 0 Å². The van der Waals surface area contributed by atoms with Gasteiger partial charge >= 0.3 is 0 Å². The quantitative estimate of drug-likeness (QED) is 0.646. The summed E-state index contributed by atoms with van der Waals surface area (Å²) in [6.45, 7) is 3.84. The molecule has 0 radical (unpaired) electrons. The molecular weight excluding hydrogens is 310 g/mol. The van der Waals surface area contributed by atoms with Crippen molar-refractivity contribution in [2.45, 2.75) is 13.8 Å². The zero-order valence-corrected chi connectivity index (χ0v) is 13.6. The molecule has 23 heavy (non-hydrogen) atoms. The first kappa shape index (κ1) is 16.6. The fraction of sp³-hybridized carbons (Fsp3) is 0.111. The van der Waals surface area contributed by atoms with E-state index < -0.39 is 5.91 Å². The second-order valence-corrected chi connectivity index (χ2v) is 5.53. The van der Waals surface area contributed by atoms with Crippen LogP contribution in [0.1, 0.15) is 11.1 Å². The van der Waals surface area contributed by atoms with Gasteiger partial charge in [0.25, 0.3) is 5.91 Å². The van der Waals surface area contributed by atoms with E-state index in [1.165, 1.54) is 6.20 Å². The Hall–Kier alpha value is -2.77. The molecule has 0 unspecified atom stereocenters. The molecule has 0 fully saturated rings. The molecule has 4 nitrogen and oxygen atoms in total. The number of nitrogens with zero attached hydrogens (tertiary/aromatic N) is 1. The number of rotatable bonds is 4. The lowest BCUT2D eigenvalue weighted by atomic mass is 10.2. The van der Waals surface area contributed by atoms with E-state index >= 15 is 0 Å². The molecule has 0 aromatic heterocycles. The average molecular weight is 326 g/mol. The summed E-state index contributed by atoms with van der Waals surface area (Å²) < 4.78 is 0. The predicted molar refractivity (Wildman–Crippen MR) is 93.3 cm³/mol. The summed E-state index contributed by atoms with van der Waals surface area (Å²) in [5.41, 5.74) is 3.36. The van der Waals surface area contributed by atoms with Crippen LogP contribution in [-0.2, 0) is 4.79 Å². The fourth-order valence-electron chi connectivity index (χ4n) is 1.87. The highest BCUT2D eigenvalue weighted by Gasteiger charge is 2.11. The molecule has 1 amide bonds. The number of nitrogens with one attached hydrogen (secondary N) is 2. The summed E-state index contributed by atoms with van der Waals surface area (Å²) in [6.07, 6.45) is 1.39. The molecule has 0 atom stereocenters. The van der Waals surface area contributed by atoms with Crippen LogP contribution >= 0.6 is 11.6 Å². The van der Waals surface area contributed by atoms with Crippen molar-refractivity contribution in [2.75, 3.05) is 10.6 Å². The van der Waals surface area contributed by atoms with Crippen molar-refractivity contribution in [3.05, 3.63) is 70.4 Å². The molecule has 5 heteroatoms. The standard InChI is InChI=1S/C18H16ClN3O/c1-12-3-7-16(8-4-12)21-11-14(10-20)18(23)22-17-9-15(19)6-5-13(17)2/h3-9,11,21H,1-2H3,(H,22,23)/b14-11-. The van der Waals surface area contributed by atoms with Crippen molar-refractivity contribution in [2.24, 2.45) is 0 Å². The van der Waals surface area contributed by atoms with E-state index in [0.29, 0.717) is 10.7 Å². The topological polar surface area (TPSA) is 64.9 Å². The smallest absolute Gasteiger partial charge is 0.267 e. The van der Waals surface area contributed by atoms with Crippen LogP contribution in [0.25, 0.3) is 0 Å². The van der Waals surface area contributed by atoms with Gasteiger partial charge in [0.05, 0.1) is 0 Å². The number of aryl methyl sites for hydroxylation is 2. The third-order valence-electron chi connectivity index (χ3n) is 3.25. The second-order valence-electron chi connectivity index (χ2n) is 5.09. The van der Waals surface area contributed by atoms with Crippen molar-refractivity contribution in [3.8, 4) is 6.07 Å². The Balaban J connectivity index is 2.12. The minimum atomic E-state index is -0.488. The molecule has 0 aliphatic rings. The van der Waals surface area contributed by atoms with Gasteiger partial charge in [-0.2, -0.15) is 5.26 Å². The molecule has 2 rings (SSSR count). The molecule has 0 spiro atoms. The van der Waals surface area contributed by atoms with Crippen molar-refractivity contribution >= 4 is 28.9 Å². The van der Waals surface area contributed by atoms with Gasteiger partial charge < -0.3 is 10.6 Å². The van der Waals surface area contributed by atoms with Crippen molar-refractivity contribution in [1.29, 1.82) is 5.26 Å². The van der Waals surface area contributed by atoms with E-state index in [1.54, 1.807) is 18.2 Å². The van der Waals surface area contributed by atoms with Crippen LogP contribution in [0.5, 0.6) is 0 Å². The number of hydrogen-bond donors (Lipinski definition) is 2. The number of hydrogen-bond acceptors (Lipinski definition) is 3. The molecule has 0 aliphatic heterocycles. The summed E-state index contributed by atoms with van der Waals surface area (Å²) in [5.74, 6) is -0.488. The highest BCUT2D eigenvalue weighted by Crippen LogP contribution is 2.20. The number of anilines is 2. The van der Waals surface area contributed by atoms with Gasteiger partial charge in [0.15, 0.2) is 0 Å². The van der Waals surface area contributed by atoms with Crippen LogP contribution < -0.4 is 10.6 Å². The van der Waals surface area contributed by atoms with Gasteiger partial charge in [-0.15, -0.1) is 0 Å². The number of carbonyl (C=O) groups excluding carboxylic acids is 1. The molecule has 0 bridgehead atoms. The summed E-state index contributed by atoms with van der Waals surface area (Å²) in [5, 5.41) is 15.3. The highest BCUT2D eigenvalue weighted by molar-refractivity contribution is 6.31. The third-order valence-corrected chi connectivity index (χ3v) is 3.48. The molecule has 2 aromatic carbocycles.